The second kappa shape index (κ2) is 15.3. The van der Waals surface area contributed by atoms with Crippen LogP contribution in [-0.2, 0) is 32.1 Å². The molecule has 0 saturated carbocycles. The Hall–Kier alpha value is -3.27. The van der Waals surface area contributed by atoms with E-state index in [2.05, 4.69) is 5.32 Å². The summed E-state index contributed by atoms with van der Waals surface area (Å²) in [6, 6.07) is 17.5. The second-order valence-electron chi connectivity index (χ2n) is 12.3. The second-order valence-corrected chi connectivity index (χ2v) is 12.3. The molecule has 4 N–H and O–H groups in total. The number of aliphatic hydroxyl groups excluding tert-OH is 1. The number of carbonyl (C=O) groups excluding carboxylic acids is 3. The van der Waals surface area contributed by atoms with Crippen molar-refractivity contribution in [2.24, 2.45) is 23.5 Å². The van der Waals surface area contributed by atoms with Crippen LogP contribution in [0.3, 0.4) is 0 Å². The van der Waals surface area contributed by atoms with E-state index in [1.807, 2.05) is 67.6 Å². The maximum absolute atomic E-state index is 14.1. The number of nitrogens with zero attached hydrogens (tertiary/aromatic N) is 1. The molecular weight excluding hydrogens is 534 g/mol. The number of ether oxygens (including phenoxy) is 2. The van der Waals surface area contributed by atoms with Gasteiger partial charge in [0.1, 0.15) is 11.6 Å². The summed E-state index contributed by atoms with van der Waals surface area (Å²) in [5.74, 6) is -1.77. The van der Waals surface area contributed by atoms with Crippen molar-refractivity contribution in [3.05, 3.63) is 71.8 Å². The summed E-state index contributed by atoms with van der Waals surface area (Å²) in [4.78, 5) is 41.5. The molecule has 1 aliphatic heterocycles. The molecular formula is C33H47N3O6. The third-order valence-corrected chi connectivity index (χ3v) is 7.76. The van der Waals surface area contributed by atoms with Crippen molar-refractivity contribution >= 4 is 17.8 Å². The van der Waals surface area contributed by atoms with E-state index >= 15 is 0 Å². The van der Waals surface area contributed by atoms with Gasteiger partial charge in [-0.15, -0.1) is 0 Å². The third-order valence-electron chi connectivity index (χ3n) is 7.76. The zero-order valence-electron chi connectivity index (χ0n) is 25.5. The van der Waals surface area contributed by atoms with Crippen molar-refractivity contribution in [1.82, 2.24) is 10.2 Å². The van der Waals surface area contributed by atoms with Crippen molar-refractivity contribution in [2.75, 3.05) is 19.7 Å². The minimum Gasteiger partial charge on any atom is -0.444 e. The van der Waals surface area contributed by atoms with Crippen LogP contribution in [0, 0.1) is 17.8 Å². The first-order chi connectivity index (χ1) is 19.9. The first kappa shape index (κ1) is 33.2. The van der Waals surface area contributed by atoms with Crippen LogP contribution in [0.5, 0.6) is 0 Å². The van der Waals surface area contributed by atoms with E-state index < -0.39 is 35.8 Å². The Morgan fingerprint density at radius 3 is 2.21 bits per heavy atom. The Kier molecular flexibility index (Phi) is 12.1. The number of Topliss-reactive ketones (excluding diaryl/α,β-unsaturated/α-hetero) is 1. The number of aliphatic hydroxyl groups is 1. The van der Waals surface area contributed by atoms with E-state index in [1.165, 1.54) is 4.90 Å². The molecule has 230 valence electrons. The molecule has 1 fully saturated rings. The summed E-state index contributed by atoms with van der Waals surface area (Å²) in [7, 11) is 0. The molecule has 1 aliphatic rings. The number of likely N-dealkylation sites (tertiary alicyclic amines) is 1. The Balaban J connectivity index is 1.80. The first-order valence-electron chi connectivity index (χ1n) is 14.8. The van der Waals surface area contributed by atoms with Gasteiger partial charge >= 0.3 is 6.09 Å². The van der Waals surface area contributed by atoms with Crippen molar-refractivity contribution in [3.8, 4) is 0 Å². The van der Waals surface area contributed by atoms with Gasteiger partial charge in [-0.05, 0) is 63.5 Å². The largest absolute Gasteiger partial charge is 0.444 e. The lowest BCUT2D eigenvalue weighted by molar-refractivity contribution is -0.145. The van der Waals surface area contributed by atoms with Crippen molar-refractivity contribution < 1.29 is 29.0 Å². The summed E-state index contributed by atoms with van der Waals surface area (Å²) in [5, 5.41) is 14.3. The van der Waals surface area contributed by atoms with Gasteiger partial charge in [0.05, 0.1) is 24.7 Å². The van der Waals surface area contributed by atoms with Crippen LogP contribution in [0.1, 0.15) is 52.2 Å². The minimum atomic E-state index is -0.962. The molecule has 0 bridgehead atoms. The molecule has 0 aliphatic carbocycles. The zero-order valence-corrected chi connectivity index (χ0v) is 25.5. The van der Waals surface area contributed by atoms with Gasteiger partial charge in [0.15, 0.2) is 5.78 Å². The number of amides is 2. The van der Waals surface area contributed by atoms with E-state index in [0.717, 1.165) is 11.1 Å². The lowest BCUT2D eigenvalue weighted by Gasteiger charge is -2.33. The maximum atomic E-state index is 14.1. The van der Waals surface area contributed by atoms with Gasteiger partial charge in [-0.25, -0.2) is 4.79 Å². The lowest BCUT2D eigenvalue weighted by Crippen LogP contribution is -2.56. The quantitative estimate of drug-likeness (QED) is 0.348. The van der Waals surface area contributed by atoms with E-state index in [-0.39, 0.29) is 36.6 Å². The summed E-state index contributed by atoms with van der Waals surface area (Å²) < 4.78 is 11.3. The highest BCUT2D eigenvalue weighted by molar-refractivity contribution is 5.95. The van der Waals surface area contributed by atoms with Gasteiger partial charge in [-0.2, -0.15) is 0 Å². The Morgan fingerprint density at radius 2 is 1.64 bits per heavy atom. The Labute approximate surface area is 249 Å². The number of carbonyl (C=O) groups is 3. The number of benzene rings is 2. The Morgan fingerprint density at radius 1 is 1.05 bits per heavy atom. The topological polar surface area (TPSA) is 131 Å². The predicted molar refractivity (Wildman–Crippen MR) is 161 cm³/mol. The number of hydrogen-bond donors (Lipinski definition) is 3. The Bertz CT molecular complexity index is 1150. The molecule has 2 aromatic carbocycles. The molecule has 42 heavy (non-hydrogen) atoms. The molecule has 0 radical (unpaired) electrons. The maximum Gasteiger partial charge on any atom is 0.408 e. The molecule has 6 atom stereocenters. The summed E-state index contributed by atoms with van der Waals surface area (Å²) in [6.45, 7) is 9.80. The van der Waals surface area contributed by atoms with Crippen LogP contribution in [0.15, 0.2) is 60.7 Å². The fourth-order valence-electron chi connectivity index (χ4n) is 5.53. The molecule has 2 amide bonds. The molecule has 0 aromatic heterocycles. The van der Waals surface area contributed by atoms with Gasteiger partial charge in [0, 0.05) is 19.7 Å². The number of nitrogens with one attached hydrogen (secondary N) is 1. The normalized spacial score (nSPS) is 21.6. The van der Waals surface area contributed by atoms with Gasteiger partial charge in [-0.1, -0.05) is 67.6 Å². The monoisotopic (exact) mass is 581 g/mol. The fourth-order valence-corrected chi connectivity index (χ4v) is 5.53. The van der Waals surface area contributed by atoms with Crippen LogP contribution >= 0.6 is 0 Å². The molecule has 4 unspecified atom stereocenters. The van der Waals surface area contributed by atoms with Gasteiger partial charge in [0.2, 0.25) is 5.91 Å². The highest BCUT2D eigenvalue weighted by atomic mass is 16.6. The van der Waals surface area contributed by atoms with E-state index in [9.17, 15) is 19.5 Å². The van der Waals surface area contributed by atoms with Crippen LogP contribution in [0.25, 0.3) is 0 Å². The summed E-state index contributed by atoms with van der Waals surface area (Å²) in [6.07, 6.45) is -0.860. The van der Waals surface area contributed by atoms with Gasteiger partial charge in [-0.3, -0.25) is 9.59 Å². The molecule has 0 spiro atoms. The summed E-state index contributed by atoms with van der Waals surface area (Å²) in [5.41, 5.74) is 7.35. The van der Waals surface area contributed by atoms with Crippen LogP contribution in [0.4, 0.5) is 4.79 Å². The highest BCUT2D eigenvalue weighted by Gasteiger charge is 2.44. The minimum absolute atomic E-state index is 0.0467. The first-order valence-corrected chi connectivity index (χ1v) is 14.8. The summed E-state index contributed by atoms with van der Waals surface area (Å²) >= 11 is 0. The third kappa shape index (κ3) is 9.37. The average molecular weight is 582 g/mol. The van der Waals surface area contributed by atoms with Crippen molar-refractivity contribution in [3.63, 3.8) is 0 Å². The zero-order chi connectivity index (χ0) is 30.9. The highest BCUT2D eigenvalue weighted by Crippen LogP contribution is 2.33. The van der Waals surface area contributed by atoms with Gasteiger partial charge in [0.25, 0.3) is 0 Å². The van der Waals surface area contributed by atoms with Crippen LogP contribution < -0.4 is 11.1 Å². The number of hydrogen-bond acceptors (Lipinski definition) is 7. The van der Waals surface area contributed by atoms with Gasteiger partial charge < -0.3 is 30.5 Å². The molecule has 9 heteroatoms. The molecule has 9 nitrogen and oxygen atoms in total. The molecule has 1 saturated heterocycles. The lowest BCUT2D eigenvalue weighted by atomic mass is 9.79. The van der Waals surface area contributed by atoms with E-state index in [0.29, 0.717) is 26.1 Å². The molecule has 2 aromatic rings. The number of nitrogens with two attached hydrogens (primary N) is 1. The number of alkyl carbamates (subject to hydrolysis) is 1. The number of ketones is 1. The average Bonchev–Trinajstić information content (AvgIpc) is 3.05. The standard InChI is InChI=1S/C33H47N3O6/c1-22(20-41-21-25-14-10-7-11-15-25)26-16-17-36(31(39)27(30(26)38)18-24-12-8-6-9-13-24)28(19-34)29(37)23(2)35-32(40)42-33(3,4)5/h6-15,22-23,26-28,30,38H,16-21,34H2,1-5H3,(H,35,40)/t22-,23-,26?,27?,28?,30?/m0/s1. The number of rotatable bonds is 12. The van der Waals surface area contributed by atoms with Crippen LogP contribution in [-0.4, -0.2) is 71.3 Å². The molecule has 1 heterocycles. The van der Waals surface area contributed by atoms with Crippen LogP contribution in [0.2, 0.25) is 0 Å². The predicted octanol–water partition coefficient (Wildman–Crippen LogP) is 3.72. The van der Waals surface area contributed by atoms with Crippen molar-refractivity contribution in [2.45, 2.75) is 77.9 Å². The fraction of sp³-hybridized carbons (Fsp3) is 0.545. The smallest absolute Gasteiger partial charge is 0.408 e. The van der Waals surface area contributed by atoms with Crippen molar-refractivity contribution in [1.29, 1.82) is 0 Å². The molecule has 3 rings (SSSR count). The van der Waals surface area contributed by atoms with E-state index in [1.54, 1.807) is 27.7 Å². The van der Waals surface area contributed by atoms with E-state index in [4.69, 9.17) is 15.2 Å². The SMILES string of the molecule is C[C@H](NC(=O)OC(C)(C)C)C(=O)C(CN)N1CCC([C@@H](C)COCc2ccccc2)C(O)C(Cc2ccccc2)C1=O.